The van der Waals surface area contributed by atoms with E-state index >= 15 is 0 Å². The number of rotatable bonds is 2. The van der Waals surface area contributed by atoms with Gasteiger partial charge in [0.25, 0.3) is 0 Å². The molecule has 0 unspecified atom stereocenters. The molecule has 1 spiro atoms. The van der Waals surface area contributed by atoms with Crippen molar-refractivity contribution in [3.8, 4) is 5.75 Å². The number of methoxy groups -OCH3 is 1. The maximum Gasteiger partial charge on any atom is 0.433 e. The summed E-state index contributed by atoms with van der Waals surface area (Å²) in [5.74, 6) is -0.0775. The molecule has 1 amide bonds. The minimum absolute atomic E-state index is 0.0112. The summed E-state index contributed by atoms with van der Waals surface area (Å²) in [5.41, 5.74) is -1.51. The fourth-order valence-electron chi connectivity index (χ4n) is 3.30. The molecule has 8 heteroatoms. The van der Waals surface area contributed by atoms with Crippen molar-refractivity contribution in [3.63, 3.8) is 0 Å². The van der Waals surface area contributed by atoms with Gasteiger partial charge in [0.1, 0.15) is 11.6 Å². The number of ether oxygens (including phenoxy) is 1. The molecule has 0 saturated carbocycles. The fourth-order valence-corrected chi connectivity index (χ4v) is 3.30. The first-order valence-corrected chi connectivity index (χ1v) is 7.52. The molecule has 0 aliphatic carbocycles. The quantitative estimate of drug-likeness (QED) is 0.904. The number of hydrogen-bond acceptors (Lipinski definition) is 4. The van der Waals surface area contributed by atoms with Crippen LogP contribution in [0.1, 0.15) is 25.0 Å². The molecule has 2 aliphatic heterocycles. The lowest BCUT2D eigenvalue weighted by Gasteiger charge is -2.32. The van der Waals surface area contributed by atoms with E-state index in [1.165, 1.54) is 18.1 Å². The predicted molar refractivity (Wildman–Crippen MR) is 77.3 cm³/mol. The summed E-state index contributed by atoms with van der Waals surface area (Å²) in [6.07, 6.45) is -2.52. The molecule has 3 heterocycles. The second kappa shape index (κ2) is 5.67. The maximum absolute atomic E-state index is 13.0. The van der Waals surface area contributed by atoms with Crippen LogP contribution >= 0.6 is 0 Å². The van der Waals surface area contributed by atoms with E-state index in [4.69, 9.17) is 4.74 Å². The largest absolute Gasteiger partial charge is 0.497 e. The minimum Gasteiger partial charge on any atom is -0.497 e. The Morgan fingerprint density at radius 3 is 2.57 bits per heavy atom. The number of amides is 1. The molecule has 2 aliphatic rings. The van der Waals surface area contributed by atoms with Crippen LogP contribution in [0.25, 0.3) is 0 Å². The number of carbonyl (C=O) groups excluding carboxylic acids is 1. The number of anilines is 1. The van der Waals surface area contributed by atoms with Gasteiger partial charge in [0.15, 0.2) is 5.69 Å². The van der Waals surface area contributed by atoms with Crippen LogP contribution in [0, 0.1) is 5.41 Å². The van der Waals surface area contributed by atoms with Gasteiger partial charge in [0, 0.05) is 18.7 Å². The molecule has 23 heavy (non-hydrogen) atoms. The molecular formula is C15H18F3N3O2. The van der Waals surface area contributed by atoms with Crippen molar-refractivity contribution in [2.24, 2.45) is 5.41 Å². The summed E-state index contributed by atoms with van der Waals surface area (Å²) in [5, 5.41) is 3.20. The van der Waals surface area contributed by atoms with E-state index in [9.17, 15) is 18.0 Å². The van der Waals surface area contributed by atoms with Gasteiger partial charge in [-0.1, -0.05) is 0 Å². The zero-order valence-corrected chi connectivity index (χ0v) is 12.7. The summed E-state index contributed by atoms with van der Waals surface area (Å²) in [4.78, 5) is 17.8. The third-order valence-corrected chi connectivity index (χ3v) is 4.66. The molecule has 3 rings (SSSR count). The van der Waals surface area contributed by atoms with E-state index in [0.717, 1.165) is 19.2 Å². The first-order valence-electron chi connectivity index (χ1n) is 7.52. The average Bonchev–Trinajstić information content (AvgIpc) is 2.83. The molecule has 1 N–H and O–H groups in total. The molecule has 0 bridgehead atoms. The van der Waals surface area contributed by atoms with Crippen LogP contribution in [-0.2, 0) is 11.0 Å². The van der Waals surface area contributed by atoms with E-state index in [2.05, 4.69) is 10.3 Å². The summed E-state index contributed by atoms with van der Waals surface area (Å²) in [6.45, 7) is 1.88. The van der Waals surface area contributed by atoms with Gasteiger partial charge in [-0.05, 0) is 32.4 Å². The number of aromatic nitrogens is 1. The van der Waals surface area contributed by atoms with Gasteiger partial charge in [0.2, 0.25) is 5.91 Å². The van der Waals surface area contributed by atoms with Crippen molar-refractivity contribution >= 4 is 11.7 Å². The number of halogens is 3. The Morgan fingerprint density at radius 2 is 1.96 bits per heavy atom. The molecule has 1 aromatic heterocycles. The van der Waals surface area contributed by atoms with E-state index < -0.39 is 17.3 Å². The zero-order valence-electron chi connectivity index (χ0n) is 12.7. The van der Waals surface area contributed by atoms with Crippen LogP contribution < -0.4 is 15.0 Å². The Labute approximate surface area is 131 Å². The van der Waals surface area contributed by atoms with Gasteiger partial charge in [-0.25, -0.2) is 4.98 Å². The van der Waals surface area contributed by atoms with Crippen LogP contribution in [-0.4, -0.2) is 37.6 Å². The molecule has 1 aromatic rings. The Kier molecular flexibility index (Phi) is 3.95. The first kappa shape index (κ1) is 16.0. The van der Waals surface area contributed by atoms with Crippen LogP contribution in [0.4, 0.5) is 19.0 Å². The summed E-state index contributed by atoms with van der Waals surface area (Å²) < 4.78 is 43.9. The molecule has 0 aromatic carbocycles. The third-order valence-electron chi connectivity index (χ3n) is 4.66. The predicted octanol–water partition coefficient (Wildman–Crippen LogP) is 2.22. The highest BCUT2D eigenvalue weighted by Crippen LogP contribution is 2.42. The highest BCUT2D eigenvalue weighted by atomic mass is 19.4. The number of piperidine rings is 1. The van der Waals surface area contributed by atoms with E-state index in [1.54, 1.807) is 0 Å². The number of nitrogens with zero attached hydrogens (tertiary/aromatic N) is 2. The number of pyridine rings is 1. The summed E-state index contributed by atoms with van der Waals surface area (Å²) in [6, 6.07) is 2.22. The Balaban J connectivity index is 1.94. The first-order chi connectivity index (χ1) is 10.9. The van der Waals surface area contributed by atoms with Crippen LogP contribution in [0.15, 0.2) is 12.1 Å². The lowest BCUT2D eigenvalue weighted by molar-refractivity contribution is -0.141. The average molecular weight is 329 g/mol. The number of hydrogen-bond donors (Lipinski definition) is 1. The summed E-state index contributed by atoms with van der Waals surface area (Å²) in [7, 11) is 1.29. The molecular weight excluding hydrogens is 311 g/mol. The van der Waals surface area contributed by atoms with Crippen molar-refractivity contribution in [1.29, 1.82) is 0 Å². The normalized spacial score (nSPS) is 21.0. The minimum atomic E-state index is -4.58. The van der Waals surface area contributed by atoms with E-state index in [1.807, 2.05) is 0 Å². The van der Waals surface area contributed by atoms with Gasteiger partial charge >= 0.3 is 6.18 Å². The molecule has 2 fully saturated rings. The highest BCUT2D eigenvalue weighted by molar-refractivity contribution is 5.99. The van der Waals surface area contributed by atoms with Crippen LogP contribution in [0.3, 0.4) is 0 Å². The molecule has 5 nitrogen and oxygen atoms in total. The van der Waals surface area contributed by atoms with E-state index in [0.29, 0.717) is 25.8 Å². The van der Waals surface area contributed by atoms with Crippen molar-refractivity contribution in [2.75, 3.05) is 31.6 Å². The second-order valence-corrected chi connectivity index (χ2v) is 5.99. The number of nitrogens with one attached hydrogen (secondary N) is 1. The van der Waals surface area contributed by atoms with Crippen molar-refractivity contribution in [2.45, 2.75) is 25.4 Å². The fraction of sp³-hybridized carbons (Fsp3) is 0.600. The maximum atomic E-state index is 13.0. The smallest absolute Gasteiger partial charge is 0.433 e. The highest BCUT2D eigenvalue weighted by Gasteiger charge is 2.48. The monoisotopic (exact) mass is 329 g/mol. The van der Waals surface area contributed by atoms with Crippen molar-refractivity contribution in [1.82, 2.24) is 10.3 Å². The Morgan fingerprint density at radius 1 is 1.26 bits per heavy atom. The third kappa shape index (κ3) is 2.87. The van der Waals surface area contributed by atoms with Gasteiger partial charge in [-0.2, -0.15) is 13.2 Å². The van der Waals surface area contributed by atoms with E-state index in [-0.39, 0.29) is 17.5 Å². The Hall–Kier alpha value is -1.83. The van der Waals surface area contributed by atoms with Crippen molar-refractivity contribution in [3.05, 3.63) is 17.8 Å². The lowest BCUT2D eigenvalue weighted by atomic mass is 9.78. The SMILES string of the molecule is COc1cc(N2CCC3(CCNCC3)C2=O)nc(C(F)(F)F)c1. The molecule has 0 radical (unpaired) electrons. The molecule has 0 atom stereocenters. The number of carbonyl (C=O) groups is 1. The van der Waals surface area contributed by atoms with Gasteiger partial charge in [0.05, 0.1) is 12.5 Å². The number of alkyl halides is 3. The second-order valence-electron chi connectivity index (χ2n) is 5.99. The van der Waals surface area contributed by atoms with Crippen LogP contribution in [0.2, 0.25) is 0 Å². The zero-order chi connectivity index (χ0) is 16.7. The summed E-state index contributed by atoms with van der Waals surface area (Å²) >= 11 is 0. The Bertz CT molecular complexity index is 612. The van der Waals surface area contributed by atoms with Crippen LogP contribution in [0.5, 0.6) is 5.75 Å². The molecule has 2 saturated heterocycles. The van der Waals surface area contributed by atoms with Gasteiger partial charge < -0.3 is 10.1 Å². The lowest BCUT2D eigenvalue weighted by Crippen LogP contribution is -2.43. The van der Waals surface area contributed by atoms with Gasteiger partial charge in [-0.15, -0.1) is 0 Å². The van der Waals surface area contributed by atoms with Gasteiger partial charge in [-0.3, -0.25) is 9.69 Å². The standard InChI is InChI=1S/C15H18F3N3O2/c1-23-10-8-11(15(16,17)18)20-12(9-10)21-7-4-14(13(21)22)2-5-19-6-3-14/h8-9,19H,2-7H2,1H3. The molecule has 126 valence electrons. The van der Waals surface area contributed by atoms with Crippen molar-refractivity contribution < 1.29 is 22.7 Å². The topological polar surface area (TPSA) is 54.5 Å².